The zero-order chi connectivity index (χ0) is 8.55. The van der Waals surface area contributed by atoms with Crippen molar-refractivity contribution in [3.05, 3.63) is 32.4 Å². The average Bonchev–Trinajstić information content (AvgIpc) is 2.04. The van der Waals surface area contributed by atoms with Crippen molar-refractivity contribution in [1.82, 2.24) is 15.0 Å². The summed E-state index contributed by atoms with van der Waals surface area (Å²) in [6.45, 7) is 0. The Morgan fingerprint density at radius 2 is 2.25 bits per heavy atom. The Bertz CT molecular complexity index is 479. The Kier molecular flexibility index (Phi) is 1.80. The maximum atomic E-state index is 10.8. The van der Waals surface area contributed by atoms with Crippen LogP contribution >= 0.6 is 22.6 Å². The van der Waals surface area contributed by atoms with Gasteiger partial charge in [-0.3, -0.25) is 4.79 Å². The summed E-state index contributed by atoms with van der Waals surface area (Å²) in [7, 11) is 0. The van der Waals surface area contributed by atoms with E-state index in [0.717, 1.165) is 9.09 Å². The van der Waals surface area contributed by atoms with Crippen LogP contribution in [0, 0.1) is 3.57 Å². The Balaban J connectivity index is 2.96. The van der Waals surface area contributed by atoms with Crippen molar-refractivity contribution in [1.29, 1.82) is 0 Å². The van der Waals surface area contributed by atoms with Gasteiger partial charge in [0.05, 0.1) is 6.20 Å². The normalized spacial score (nSPS) is 10.4. The number of hydrogen-bond acceptors (Lipinski definition) is 3. The molecule has 5 heteroatoms. The van der Waals surface area contributed by atoms with Crippen molar-refractivity contribution < 1.29 is 0 Å². The molecule has 0 amide bonds. The number of nitrogens with one attached hydrogen (secondary N) is 1. The van der Waals surface area contributed by atoms with Gasteiger partial charge in [-0.25, -0.2) is 9.97 Å². The molecule has 2 aromatic rings. The zero-order valence-corrected chi connectivity index (χ0v) is 8.07. The molecule has 0 radical (unpaired) electrons. The van der Waals surface area contributed by atoms with E-state index < -0.39 is 0 Å². The first-order valence-electron chi connectivity index (χ1n) is 3.27. The molecule has 2 aromatic heterocycles. The molecule has 0 bridgehead atoms. The number of aromatic amines is 1. The van der Waals surface area contributed by atoms with E-state index in [-0.39, 0.29) is 5.56 Å². The van der Waals surface area contributed by atoms with Crippen LogP contribution < -0.4 is 5.56 Å². The summed E-state index contributed by atoms with van der Waals surface area (Å²) in [5, 5.41) is 0. The summed E-state index contributed by atoms with van der Waals surface area (Å²) in [6.07, 6.45) is 2.90. The molecule has 0 aliphatic heterocycles. The van der Waals surface area contributed by atoms with Crippen LogP contribution in [0.15, 0.2) is 23.3 Å². The van der Waals surface area contributed by atoms with E-state index in [1.54, 1.807) is 6.20 Å². The van der Waals surface area contributed by atoms with Gasteiger partial charge in [-0.05, 0) is 28.7 Å². The molecule has 0 aliphatic carbocycles. The fourth-order valence-corrected chi connectivity index (χ4v) is 1.47. The van der Waals surface area contributed by atoms with Gasteiger partial charge in [-0.1, -0.05) is 0 Å². The molecule has 0 unspecified atom stereocenters. The highest BCUT2D eigenvalue weighted by Crippen LogP contribution is 2.11. The Labute approximate surface area is 81.2 Å². The fourth-order valence-electron chi connectivity index (χ4n) is 0.917. The minimum Gasteiger partial charge on any atom is -0.304 e. The van der Waals surface area contributed by atoms with Gasteiger partial charge < -0.3 is 4.98 Å². The molecule has 0 aromatic carbocycles. The molecule has 0 saturated carbocycles. The highest BCUT2D eigenvalue weighted by Gasteiger charge is 1.99. The molecule has 0 fully saturated rings. The Morgan fingerprint density at radius 1 is 1.42 bits per heavy atom. The summed E-state index contributed by atoms with van der Waals surface area (Å²) in [4.78, 5) is 21.4. The van der Waals surface area contributed by atoms with Gasteiger partial charge in [-0.2, -0.15) is 0 Å². The van der Waals surface area contributed by atoms with Crippen LogP contribution in [0.1, 0.15) is 0 Å². The van der Waals surface area contributed by atoms with Gasteiger partial charge in [-0.15, -0.1) is 0 Å². The molecular formula is C7H4IN3O. The van der Waals surface area contributed by atoms with Crippen molar-refractivity contribution in [3.8, 4) is 0 Å². The number of fused-ring (bicyclic) bond motifs is 1. The molecule has 0 saturated heterocycles. The van der Waals surface area contributed by atoms with E-state index in [0.29, 0.717) is 5.65 Å². The predicted octanol–water partition coefficient (Wildman–Crippen LogP) is 0.923. The summed E-state index contributed by atoms with van der Waals surface area (Å²) in [5.74, 6) is 0. The first-order chi connectivity index (χ1) is 5.77. The number of rotatable bonds is 0. The summed E-state index contributed by atoms with van der Waals surface area (Å²) in [6, 6.07) is 1.84. The van der Waals surface area contributed by atoms with E-state index in [1.807, 2.05) is 6.07 Å². The lowest BCUT2D eigenvalue weighted by atomic mass is 10.4. The third-order valence-corrected chi connectivity index (χ3v) is 2.30. The smallest absolute Gasteiger partial charge is 0.268 e. The predicted molar refractivity (Wildman–Crippen MR) is 52.9 cm³/mol. The highest BCUT2D eigenvalue weighted by molar-refractivity contribution is 14.1. The zero-order valence-electron chi connectivity index (χ0n) is 5.91. The summed E-state index contributed by atoms with van der Waals surface area (Å²) in [5.41, 5.74) is 1.05. The second-order valence-corrected chi connectivity index (χ2v) is 3.40. The van der Waals surface area contributed by atoms with E-state index in [2.05, 4.69) is 37.5 Å². The van der Waals surface area contributed by atoms with Crippen LogP contribution in [0.3, 0.4) is 0 Å². The lowest BCUT2D eigenvalue weighted by molar-refractivity contribution is 1.16. The van der Waals surface area contributed by atoms with Crippen LogP contribution in [0.5, 0.6) is 0 Å². The van der Waals surface area contributed by atoms with E-state index in [4.69, 9.17) is 0 Å². The molecule has 60 valence electrons. The minimum atomic E-state index is -0.225. The van der Waals surface area contributed by atoms with Crippen molar-refractivity contribution in [2.24, 2.45) is 0 Å². The minimum absolute atomic E-state index is 0.225. The quantitative estimate of drug-likeness (QED) is 0.726. The molecule has 1 N–H and O–H groups in total. The van der Waals surface area contributed by atoms with Crippen molar-refractivity contribution in [2.45, 2.75) is 0 Å². The molecule has 2 rings (SSSR count). The average molecular weight is 273 g/mol. The molecule has 0 spiro atoms. The SMILES string of the molecule is O=c1cnc2c(I)ccnc2[nH]1. The van der Waals surface area contributed by atoms with E-state index in [1.165, 1.54) is 6.20 Å². The summed E-state index contributed by atoms with van der Waals surface area (Å²) >= 11 is 2.15. The summed E-state index contributed by atoms with van der Waals surface area (Å²) < 4.78 is 0.980. The second kappa shape index (κ2) is 2.81. The molecule has 0 atom stereocenters. The van der Waals surface area contributed by atoms with Crippen LogP contribution in [-0.2, 0) is 0 Å². The topological polar surface area (TPSA) is 58.6 Å². The van der Waals surface area contributed by atoms with E-state index in [9.17, 15) is 4.79 Å². The van der Waals surface area contributed by atoms with Crippen molar-refractivity contribution >= 4 is 33.8 Å². The number of hydrogen-bond donors (Lipinski definition) is 1. The van der Waals surface area contributed by atoms with E-state index >= 15 is 0 Å². The highest BCUT2D eigenvalue weighted by atomic mass is 127. The standard InChI is InChI=1S/C7H4IN3O/c8-4-1-2-9-7-6(4)10-3-5(12)11-7/h1-3H,(H,9,11,12). The molecule has 12 heavy (non-hydrogen) atoms. The number of aromatic nitrogens is 3. The lowest BCUT2D eigenvalue weighted by Crippen LogP contribution is -2.06. The van der Waals surface area contributed by atoms with Crippen molar-refractivity contribution in [3.63, 3.8) is 0 Å². The van der Waals surface area contributed by atoms with Crippen LogP contribution in [0.25, 0.3) is 11.2 Å². The number of H-pyrrole nitrogens is 1. The van der Waals surface area contributed by atoms with Crippen molar-refractivity contribution in [2.75, 3.05) is 0 Å². The molecule has 2 heterocycles. The third kappa shape index (κ3) is 1.20. The number of nitrogens with zero attached hydrogens (tertiary/aromatic N) is 2. The fraction of sp³-hybridized carbons (Fsp3) is 0. The third-order valence-electron chi connectivity index (χ3n) is 1.43. The van der Waals surface area contributed by atoms with Gasteiger partial charge >= 0.3 is 0 Å². The maximum absolute atomic E-state index is 10.8. The number of halogens is 1. The molecular weight excluding hydrogens is 269 g/mol. The van der Waals surface area contributed by atoms with Crippen LogP contribution in [0.2, 0.25) is 0 Å². The largest absolute Gasteiger partial charge is 0.304 e. The Morgan fingerprint density at radius 3 is 3.08 bits per heavy atom. The van der Waals surface area contributed by atoms with Crippen LogP contribution in [0.4, 0.5) is 0 Å². The van der Waals surface area contributed by atoms with Gasteiger partial charge in [0.2, 0.25) is 0 Å². The van der Waals surface area contributed by atoms with Gasteiger partial charge in [0.25, 0.3) is 5.56 Å². The van der Waals surface area contributed by atoms with Gasteiger partial charge in [0, 0.05) is 9.77 Å². The first-order valence-corrected chi connectivity index (χ1v) is 4.35. The molecule has 4 nitrogen and oxygen atoms in total. The first kappa shape index (κ1) is 7.66. The van der Waals surface area contributed by atoms with Gasteiger partial charge in [0.1, 0.15) is 5.52 Å². The molecule has 0 aliphatic rings. The maximum Gasteiger partial charge on any atom is 0.268 e. The lowest BCUT2D eigenvalue weighted by Gasteiger charge is -1.95. The monoisotopic (exact) mass is 273 g/mol. The van der Waals surface area contributed by atoms with Crippen LogP contribution in [-0.4, -0.2) is 15.0 Å². The second-order valence-electron chi connectivity index (χ2n) is 2.24. The Hall–Kier alpha value is -0.980. The van der Waals surface area contributed by atoms with Gasteiger partial charge in [0.15, 0.2) is 5.65 Å². The number of pyridine rings is 1.